The summed E-state index contributed by atoms with van der Waals surface area (Å²) in [5.74, 6) is -1.02. The zero-order valence-electron chi connectivity index (χ0n) is 11.8. The van der Waals surface area contributed by atoms with E-state index in [1.807, 2.05) is 0 Å². The van der Waals surface area contributed by atoms with Gasteiger partial charge in [0.25, 0.3) is 0 Å². The van der Waals surface area contributed by atoms with Gasteiger partial charge in [0.1, 0.15) is 0 Å². The number of amides is 2. The van der Waals surface area contributed by atoms with Gasteiger partial charge in [-0.2, -0.15) is 0 Å². The van der Waals surface area contributed by atoms with Crippen LogP contribution in [-0.2, 0) is 9.59 Å². The number of benzene rings is 1. The molecule has 2 aromatic rings. The van der Waals surface area contributed by atoms with E-state index in [9.17, 15) is 9.59 Å². The maximum absolute atomic E-state index is 12.2. The molecule has 0 aliphatic carbocycles. The highest BCUT2D eigenvalue weighted by Gasteiger charge is 2.22. The van der Waals surface area contributed by atoms with Crippen molar-refractivity contribution in [2.45, 2.75) is 25.7 Å². The smallest absolute Gasteiger partial charge is 0.313 e. The number of hydrogen-bond donors (Lipinski definition) is 2. The first kappa shape index (κ1) is 13.6. The molecule has 1 aliphatic rings. The molecule has 2 heterocycles. The molecule has 110 valence electrons. The monoisotopic (exact) mass is 286 g/mol. The third kappa shape index (κ3) is 3.04. The van der Waals surface area contributed by atoms with Gasteiger partial charge >= 0.3 is 11.8 Å². The second-order valence-electron chi connectivity index (χ2n) is 5.30. The van der Waals surface area contributed by atoms with Crippen LogP contribution < -0.4 is 5.32 Å². The van der Waals surface area contributed by atoms with E-state index in [2.05, 4.69) is 15.3 Å². The van der Waals surface area contributed by atoms with Crippen LogP contribution in [0.1, 0.15) is 25.7 Å². The highest BCUT2D eigenvalue weighted by atomic mass is 16.2. The summed E-state index contributed by atoms with van der Waals surface area (Å²) in [5, 5.41) is 2.66. The normalized spacial score (nSPS) is 15.7. The molecule has 0 bridgehead atoms. The lowest BCUT2D eigenvalue weighted by atomic mass is 10.2. The van der Waals surface area contributed by atoms with Crippen molar-refractivity contribution in [1.82, 2.24) is 14.9 Å². The van der Waals surface area contributed by atoms with Crippen molar-refractivity contribution in [1.29, 1.82) is 0 Å². The summed E-state index contributed by atoms with van der Waals surface area (Å²) in [6.07, 6.45) is 5.79. The number of H-pyrrole nitrogens is 1. The summed E-state index contributed by atoms with van der Waals surface area (Å²) in [6.45, 7) is 1.34. The van der Waals surface area contributed by atoms with Crippen molar-refractivity contribution in [2.75, 3.05) is 18.4 Å². The molecule has 1 saturated heterocycles. The molecular formula is C15H18N4O2. The lowest BCUT2D eigenvalue weighted by molar-refractivity contribution is -0.143. The van der Waals surface area contributed by atoms with E-state index in [0.717, 1.165) is 36.7 Å². The van der Waals surface area contributed by atoms with Crippen molar-refractivity contribution in [3.8, 4) is 0 Å². The average Bonchev–Trinajstić information content (AvgIpc) is 2.78. The summed E-state index contributed by atoms with van der Waals surface area (Å²) in [5.41, 5.74) is 2.25. The SMILES string of the molecule is O=C(Nc1ccc2nc[nH]c2c1)C(=O)N1CCCCCC1. The van der Waals surface area contributed by atoms with Crippen molar-refractivity contribution >= 4 is 28.5 Å². The molecule has 6 nitrogen and oxygen atoms in total. The third-order valence-corrected chi connectivity index (χ3v) is 3.77. The van der Waals surface area contributed by atoms with Gasteiger partial charge in [-0.25, -0.2) is 4.98 Å². The van der Waals surface area contributed by atoms with E-state index in [-0.39, 0.29) is 0 Å². The quantitative estimate of drug-likeness (QED) is 0.786. The van der Waals surface area contributed by atoms with Crippen LogP contribution in [0.5, 0.6) is 0 Å². The Bertz CT molecular complexity index is 656. The Morgan fingerprint density at radius 1 is 1.14 bits per heavy atom. The van der Waals surface area contributed by atoms with Gasteiger partial charge in [0.05, 0.1) is 17.4 Å². The molecule has 3 rings (SSSR count). The Labute approximate surface area is 122 Å². The minimum absolute atomic E-state index is 0.443. The summed E-state index contributed by atoms with van der Waals surface area (Å²) in [7, 11) is 0. The number of fused-ring (bicyclic) bond motifs is 1. The Balaban J connectivity index is 1.68. The average molecular weight is 286 g/mol. The van der Waals surface area contributed by atoms with Crippen LogP contribution in [0.4, 0.5) is 5.69 Å². The number of rotatable bonds is 1. The number of nitrogens with zero attached hydrogens (tertiary/aromatic N) is 2. The first-order valence-corrected chi connectivity index (χ1v) is 7.27. The second-order valence-corrected chi connectivity index (χ2v) is 5.30. The fraction of sp³-hybridized carbons (Fsp3) is 0.400. The van der Waals surface area contributed by atoms with Crippen LogP contribution in [0.2, 0.25) is 0 Å². The zero-order valence-corrected chi connectivity index (χ0v) is 11.8. The highest BCUT2D eigenvalue weighted by molar-refractivity contribution is 6.39. The number of likely N-dealkylation sites (tertiary alicyclic amines) is 1. The molecule has 6 heteroatoms. The Hall–Kier alpha value is -2.37. The second kappa shape index (κ2) is 5.95. The number of carbonyl (C=O) groups excluding carboxylic acids is 2. The van der Waals surface area contributed by atoms with Crippen LogP contribution in [0.15, 0.2) is 24.5 Å². The summed E-state index contributed by atoms with van der Waals surface area (Å²) in [6, 6.07) is 5.32. The minimum Gasteiger partial charge on any atom is -0.345 e. The Morgan fingerprint density at radius 2 is 1.90 bits per heavy atom. The number of aromatic nitrogens is 2. The fourth-order valence-corrected chi connectivity index (χ4v) is 2.62. The Morgan fingerprint density at radius 3 is 2.67 bits per heavy atom. The molecule has 2 amide bonds. The molecule has 21 heavy (non-hydrogen) atoms. The maximum atomic E-state index is 12.2. The van der Waals surface area contributed by atoms with Crippen LogP contribution in [0, 0.1) is 0 Å². The number of hydrogen-bond acceptors (Lipinski definition) is 3. The number of imidazole rings is 1. The van der Waals surface area contributed by atoms with E-state index >= 15 is 0 Å². The molecular weight excluding hydrogens is 268 g/mol. The van der Waals surface area contributed by atoms with E-state index in [4.69, 9.17) is 0 Å². The maximum Gasteiger partial charge on any atom is 0.313 e. The summed E-state index contributed by atoms with van der Waals surface area (Å²) in [4.78, 5) is 33.0. The van der Waals surface area contributed by atoms with Crippen molar-refractivity contribution in [3.63, 3.8) is 0 Å². The van der Waals surface area contributed by atoms with Gasteiger partial charge in [0.15, 0.2) is 0 Å². The first-order valence-electron chi connectivity index (χ1n) is 7.27. The highest BCUT2D eigenvalue weighted by Crippen LogP contribution is 2.16. The minimum atomic E-state index is -0.573. The van der Waals surface area contributed by atoms with Gasteiger partial charge in [0, 0.05) is 18.8 Å². The molecule has 1 aromatic carbocycles. The van der Waals surface area contributed by atoms with Gasteiger partial charge in [0.2, 0.25) is 0 Å². The molecule has 1 aromatic heterocycles. The van der Waals surface area contributed by atoms with E-state index in [0.29, 0.717) is 18.8 Å². The predicted molar refractivity (Wildman–Crippen MR) is 79.8 cm³/mol. The van der Waals surface area contributed by atoms with Gasteiger partial charge in [-0.3, -0.25) is 9.59 Å². The lowest BCUT2D eigenvalue weighted by Gasteiger charge is -2.19. The Kier molecular flexibility index (Phi) is 3.85. The van der Waals surface area contributed by atoms with Gasteiger partial charge in [-0.15, -0.1) is 0 Å². The number of nitrogens with one attached hydrogen (secondary N) is 2. The van der Waals surface area contributed by atoms with Gasteiger partial charge < -0.3 is 15.2 Å². The van der Waals surface area contributed by atoms with E-state index in [1.165, 1.54) is 0 Å². The number of carbonyl (C=O) groups is 2. The fourth-order valence-electron chi connectivity index (χ4n) is 2.62. The lowest BCUT2D eigenvalue weighted by Crippen LogP contribution is -2.40. The summed E-state index contributed by atoms with van der Waals surface area (Å²) >= 11 is 0. The number of aromatic amines is 1. The molecule has 1 fully saturated rings. The van der Waals surface area contributed by atoms with Crippen LogP contribution in [0.3, 0.4) is 0 Å². The van der Waals surface area contributed by atoms with E-state index < -0.39 is 11.8 Å². The topological polar surface area (TPSA) is 78.1 Å². The molecule has 0 saturated carbocycles. The predicted octanol–water partition coefficient (Wildman–Crippen LogP) is 1.90. The molecule has 0 atom stereocenters. The third-order valence-electron chi connectivity index (χ3n) is 3.77. The molecule has 0 radical (unpaired) electrons. The van der Waals surface area contributed by atoms with Crippen LogP contribution in [-0.4, -0.2) is 39.8 Å². The zero-order chi connectivity index (χ0) is 14.7. The van der Waals surface area contributed by atoms with E-state index in [1.54, 1.807) is 29.4 Å². The molecule has 0 unspecified atom stereocenters. The van der Waals surface area contributed by atoms with Crippen molar-refractivity contribution < 1.29 is 9.59 Å². The number of anilines is 1. The van der Waals surface area contributed by atoms with Crippen molar-refractivity contribution in [2.24, 2.45) is 0 Å². The van der Waals surface area contributed by atoms with Gasteiger partial charge in [-0.1, -0.05) is 12.8 Å². The standard InChI is InChI=1S/C15H18N4O2/c20-14(15(21)19-7-3-1-2-4-8-19)18-11-5-6-12-13(9-11)17-10-16-12/h5-6,9-10H,1-4,7-8H2,(H,16,17)(H,18,20). The van der Waals surface area contributed by atoms with Gasteiger partial charge in [-0.05, 0) is 31.0 Å². The molecule has 1 aliphatic heterocycles. The van der Waals surface area contributed by atoms with Crippen molar-refractivity contribution in [3.05, 3.63) is 24.5 Å². The first-order chi connectivity index (χ1) is 10.2. The molecule has 2 N–H and O–H groups in total. The largest absolute Gasteiger partial charge is 0.345 e. The summed E-state index contributed by atoms with van der Waals surface area (Å²) < 4.78 is 0. The van der Waals surface area contributed by atoms with Crippen LogP contribution in [0.25, 0.3) is 11.0 Å². The molecule has 0 spiro atoms. The van der Waals surface area contributed by atoms with Crippen LogP contribution >= 0.6 is 0 Å².